The number of rotatable bonds is 5. The summed E-state index contributed by atoms with van der Waals surface area (Å²) >= 11 is 9.00. The second-order valence-electron chi connectivity index (χ2n) is 6.59. The van der Waals surface area contributed by atoms with Gasteiger partial charge < -0.3 is 0 Å². The normalized spacial score (nSPS) is 11.9. The van der Waals surface area contributed by atoms with Gasteiger partial charge in [0.05, 0.1) is 5.52 Å². The molecule has 0 radical (unpaired) electrons. The fourth-order valence-corrected chi connectivity index (χ4v) is 4.99. The zero-order chi connectivity index (χ0) is 19.1. The number of nitrogens with zero attached hydrogens (tertiary/aromatic N) is 4. The third-order valence-electron chi connectivity index (χ3n) is 4.10. The highest BCUT2D eigenvalue weighted by Gasteiger charge is 2.18. The molecule has 0 fully saturated rings. The molecule has 0 saturated carbocycles. The molecule has 9 heteroatoms. The van der Waals surface area contributed by atoms with Crippen LogP contribution in [0.25, 0.3) is 16.0 Å². The number of hydrogen-bond donors (Lipinski definition) is 0. The van der Waals surface area contributed by atoms with E-state index >= 15 is 0 Å². The summed E-state index contributed by atoms with van der Waals surface area (Å²) in [6, 6.07) is 6.27. The van der Waals surface area contributed by atoms with Gasteiger partial charge in [-0.05, 0) is 35.1 Å². The van der Waals surface area contributed by atoms with E-state index in [0.29, 0.717) is 38.9 Å². The van der Waals surface area contributed by atoms with Crippen LogP contribution in [0.1, 0.15) is 19.4 Å². The predicted molar refractivity (Wildman–Crippen MR) is 108 cm³/mol. The van der Waals surface area contributed by atoms with Crippen LogP contribution >= 0.6 is 34.7 Å². The third-order valence-corrected chi connectivity index (χ3v) is 6.32. The lowest BCUT2D eigenvalue weighted by atomic mass is 10.2. The van der Waals surface area contributed by atoms with Gasteiger partial charge >= 0.3 is 0 Å². The van der Waals surface area contributed by atoms with Gasteiger partial charge in [0.15, 0.2) is 5.16 Å². The first-order chi connectivity index (χ1) is 13.0. The topological polar surface area (TPSA) is 52.2 Å². The van der Waals surface area contributed by atoms with Crippen LogP contribution in [0.2, 0.25) is 5.02 Å². The molecule has 0 atom stereocenters. The summed E-state index contributed by atoms with van der Waals surface area (Å²) in [7, 11) is 0. The molecule has 140 valence electrons. The molecule has 3 aromatic heterocycles. The second-order valence-corrected chi connectivity index (χ2v) is 8.85. The molecule has 0 spiro atoms. The van der Waals surface area contributed by atoms with Crippen LogP contribution in [0.15, 0.2) is 39.6 Å². The molecule has 0 bridgehead atoms. The first-order valence-corrected chi connectivity index (χ1v) is 10.6. The number of benzene rings is 1. The molecule has 0 aliphatic heterocycles. The molecular weight excluding hydrogens is 407 g/mol. The van der Waals surface area contributed by atoms with E-state index in [0.717, 1.165) is 11.1 Å². The van der Waals surface area contributed by atoms with Crippen molar-refractivity contribution < 1.29 is 4.39 Å². The molecule has 0 aliphatic carbocycles. The summed E-state index contributed by atoms with van der Waals surface area (Å²) in [4.78, 5) is 12.8. The first kappa shape index (κ1) is 18.5. The van der Waals surface area contributed by atoms with Crippen LogP contribution in [0.5, 0.6) is 0 Å². The van der Waals surface area contributed by atoms with Gasteiger partial charge in [0.2, 0.25) is 5.78 Å². The minimum Gasteiger partial charge on any atom is -0.275 e. The molecule has 27 heavy (non-hydrogen) atoms. The number of halogens is 2. The second kappa shape index (κ2) is 7.26. The molecule has 4 aromatic rings. The number of fused-ring (bicyclic) bond motifs is 3. The van der Waals surface area contributed by atoms with Crippen LogP contribution in [0.3, 0.4) is 0 Å². The summed E-state index contributed by atoms with van der Waals surface area (Å²) in [5.74, 6) is 0.996. The Morgan fingerprint density at radius 2 is 2.11 bits per heavy atom. The van der Waals surface area contributed by atoms with Crippen molar-refractivity contribution in [2.45, 2.75) is 31.3 Å². The van der Waals surface area contributed by atoms with Gasteiger partial charge in [-0.2, -0.15) is 0 Å². The molecule has 0 unspecified atom stereocenters. The van der Waals surface area contributed by atoms with Crippen molar-refractivity contribution >= 4 is 50.7 Å². The average molecular weight is 423 g/mol. The summed E-state index contributed by atoms with van der Waals surface area (Å²) < 4.78 is 17.5. The zero-order valence-electron chi connectivity index (χ0n) is 14.6. The highest BCUT2D eigenvalue weighted by atomic mass is 35.5. The molecule has 1 aromatic carbocycles. The van der Waals surface area contributed by atoms with Gasteiger partial charge in [0.25, 0.3) is 5.56 Å². The van der Waals surface area contributed by atoms with E-state index in [-0.39, 0.29) is 11.4 Å². The Morgan fingerprint density at radius 1 is 1.30 bits per heavy atom. The van der Waals surface area contributed by atoms with Gasteiger partial charge in [0.1, 0.15) is 10.5 Å². The molecule has 3 heterocycles. The predicted octanol–water partition coefficient (Wildman–Crippen LogP) is 4.85. The standard InChI is InChI=1S/C18H16ClFN4OS2/c1-10(2)8-23-16(25)15-14(5-6-26-15)24-17(23)21-22-18(24)27-9-11-3-4-12(20)7-13(11)19/h3-7,10H,8-9H2,1-2H3. The van der Waals surface area contributed by atoms with Crippen LogP contribution in [0, 0.1) is 11.7 Å². The minimum absolute atomic E-state index is 0.0354. The number of thioether (sulfide) groups is 1. The average Bonchev–Trinajstić information content (AvgIpc) is 3.24. The van der Waals surface area contributed by atoms with Crippen molar-refractivity contribution in [3.63, 3.8) is 0 Å². The Balaban J connectivity index is 1.80. The van der Waals surface area contributed by atoms with E-state index in [9.17, 15) is 9.18 Å². The highest BCUT2D eigenvalue weighted by molar-refractivity contribution is 7.98. The maximum atomic E-state index is 13.2. The van der Waals surface area contributed by atoms with Gasteiger partial charge in [-0.1, -0.05) is 43.3 Å². The SMILES string of the molecule is CC(C)Cn1c(=O)c2sccc2n2c(SCc3ccc(F)cc3Cl)nnc12. The Hall–Kier alpha value is -1.90. The van der Waals surface area contributed by atoms with Gasteiger partial charge in [-0.3, -0.25) is 13.8 Å². The lowest BCUT2D eigenvalue weighted by Crippen LogP contribution is -2.24. The molecule has 0 saturated heterocycles. The summed E-state index contributed by atoms with van der Waals surface area (Å²) in [6.07, 6.45) is 0. The monoisotopic (exact) mass is 422 g/mol. The highest BCUT2D eigenvalue weighted by Crippen LogP contribution is 2.29. The maximum Gasteiger partial charge on any atom is 0.272 e. The van der Waals surface area contributed by atoms with E-state index in [1.807, 2.05) is 15.8 Å². The molecule has 0 amide bonds. The van der Waals surface area contributed by atoms with Crippen molar-refractivity contribution in [1.82, 2.24) is 19.2 Å². The zero-order valence-corrected chi connectivity index (χ0v) is 17.0. The number of hydrogen-bond acceptors (Lipinski definition) is 5. The number of thiophene rings is 1. The minimum atomic E-state index is -0.362. The lowest BCUT2D eigenvalue weighted by molar-refractivity contribution is 0.517. The fourth-order valence-electron chi connectivity index (χ4n) is 2.90. The van der Waals surface area contributed by atoms with Crippen molar-refractivity contribution in [2.75, 3.05) is 0 Å². The Labute approximate surface area is 167 Å². The van der Waals surface area contributed by atoms with Crippen LogP contribution in [-0.4, -0.2) is 19.2 Å². The van der Waals surface area contributed by atoms with E-state index in [1.165, 1.54) is 35.2 Å². The van der Waals surface area contributed by atoms with Crippen LogP contribution < -0.4 is 5.56 Å². The molecule has 0 N–H and O–H groups in total. The fraction of sp³-hybridized carbons (Fsp3) is 0.278. The summed E-state index contributed by atoms with van der Waals surface area (Å²) in [5, 5.41) is 11.5. The third kappa shape index (κ3) is 3.37. The molecular formula is C18H16ClFN4OS2. The summed E-state index contributed by atoms with van der Waals surface area (Å²) in [5.41, 5.74) is 1.58. The Bertz CT molecular complexity index is 1200. The Kier molecular flexibility index (Phi) is 4.96. The van der Waals surface area contributed by atoms with Crippen LogP contribution in [-0.2, 0) is 12.3 Å². The molecule has 5 nitrogen and oxygen atoms in total. The first-order valence-electron chi connectivity index (χ1n) is 8.37. The smallest absolute Gasteiger partial charge is 0.272 e. The van der Waals surface area contributed by atoms with Gasteiger partial charge in [0, 0.05) is 17.3 Å². The lowest BCUT2D eigenvalue weighted by Gasteiger charge is -2.11. The summed E-state index contributed by atoms with van der Waals surface area (Å²) in [6.45, 7) is 4.69. The molecule has 4 rings (SSSR count). The van der Waals surface area contributed by atoms with Crippen molar-refractivity contribution in [3.05, 3.63) is 56.4 Å². The number of aromatic nitrogens is 4. The van der Waals surface area contributed by atoms with Crippen molar-refractivity contribution in [1.29, 1.82) is 0 Å². The quantitative estimate of drug-likeness (QED) is 0.431. The maximum absolute atomic E-state index is 13.2. The van der Waals surface area contributed by atoms with E-state index in [4.69, 9.17) is 11.6 Å². The van der Waals surface area contributed by atoms with E-state index in [1.54, 1.807) is 10.6 Å². The van der Waals surface area contributed by atoms with E-state index < -0.39 is 0 Å². The Morgan fingerprint density at radius 3 is 2.85 bits per heavy atom. The van der Waals surface area contributed by atoms with Gasteiger partial charge in [-0.15, -0.1) is 21.5 Å². The van der Waals surface area contributed by atoms with Crippen molar-refractivity contribution in [3.8, 4) is 0 Å². The molecule has 0 aliphatic rings. The van der Waals surface area contributed by atoms with E-state index in [2.05, 4.69) is 24.0 Å². The van der Waals surface area contributed by atoms with Gasteiger partial charge in [-0.25, -0.2) is 4.39 Å². The van der Waals surface area contributed by atoms with Crippen LogP contribution in [0.4, 0.5) is 4.39 Å². The van der Waals surface area contributed by atoms with Crippen molar-refractivity contribution in [2.24, 2.45) is 5.92 Å². The largest absolute Gasteiger partial charge is 0.275 e.